The largest absolute Gasteiger partial charge is 0.328 e. The minimum atomic E-state index is 0.118. The van der Waals surface area contributed by atoms with Crippen LogP contribution < -0.4 is 5.69 Å². The van der Waals surface area contributed by atoms with Crippen LogP contribution in [0.2, 0.25) is 0 Å². The van der Waals surface area contributed by atoms with E-state index in [1.807, 2.05) is 17.0 Å². The van der Waals surface area contributed by atoms with Gasteiger partial charge in [-0.25, -0.2) is 4.79 Å². The summed E-state index contributed by atoms with van der Waals surface area (Å²) in [6, 6.07) is 0.477. The average Bonchev–Trinajstić information content (AvgIpc) is 2.89. The molecule has 0 amide bonds. The molecule has 1 fully saturated rings. The van der Waals surface area contributed by atoms with Crippen molar-refractivity contribution >= 4 is 11.6 Å². The molecule has 0 radical (unpaired) electrons. The fourth-order valence-electron chi connectivity index (χ4n) is 1.46. The van der Waals surface area contributed by atoms with Gasteiger partial charge in [0.15, 0.2) is 0 Å². The van der Waals surface area contributed by atoms with Gasteiger partial charge in [-0.3, -0.25) is 9.13 Å². The van der Waals surface area contributed by atoms with Crippen molar-refractivity contribution in [1.82, 2.24) is 9.13 Å². The van der Waals surface area contributed by atoms with E-state index >= 15 is 0 Å². The molecule has 0 unspecified atom stereocenters. The molecule has 0 aromatic carbocycles. The van der Waals surface area contributed by atoms with E-state index in [4.69, 9.17) is 11.6 Å². The second-order valence-corrected chi connectivity index (χ2v) is 3.83. The molecular formula is C9H13ClN2O. The number of imidazole rings is 1. The van der Waals surface area contributed by atoms with Crippen LogP contribution in [0.25, 0.3) is 0 Å². The van der Waals surface area contributed by atoms with Crippen LogP contribution in [0.5, 0.6) is 0 Å². The Morgan fingerprint density at radius 2 is 2.23 bits per heavy atom. The SMILES string of the molecule is O=c1n(CCCCl)ccn1C1CC1. The second kappa shape index (κ2) is 3.58. The third-order valence-electron chi connectivity index (χ3n) is 2.35. The molecule has 0 saturated heterocycles. The fraction of sp³-hybridized carbons (Fsp3) is 0.667. The van der Waals surface area contributed by atoms with Gasteiger partial charge in [-0.2, -0.15) is 0 Å². The molecule has 1 saturated carbocycles. The highest BCUT2D eigenvalue weighted by Crippen LogP contribution is 2.33. The molecule has 4 heteroatoms. The first-order valence-electron chi connectivity index (χ1n) is 4.66. The molecule has 1 aromatic rings. The summed E-state index contributed by atoms with van der Waals surface area (Å²) in [7, 11) is 0. The van der Waals surface area contributed by atoms with Gasteiger partial charge in [0.2, 0.25) is 0 Å². The molecule has 72 valence electrons. The van der Waals surface area contributed by atoms with Crippen LogP contribution in [0.15, 0.2) is 17.2 Å². The summed E-state index contributed by atoms with van der Waals surface area (Å²) in [6.07, 6.45) is 6.90. The molecular weight excluding hydrogens is 188 g/mol. The molecule has 2 rings (SSSR count). The van der Waals surface area contributed by atoms with Crippen molar-refractivity contribution in [2.24, 2.45) is 0 Å². The maximum Gasteiger partial charge on any atom is 0.328 e. The van der Waals surface area contributed by atoms with Gasteiger partial charge < -0.3 is 0 Å². The minimum Gasteiger partial charge on any atom is -0.299 e. The van der Waals surface area contributed by atoms with Crippen LogP contribution in [-0.2, 0) is 6.54 Å². The first-order valence-corrected chi connectivity index (χ1v) is 5.19. The van der Waals surface area contributed by atoms with Crippen molar-refractivity contribution in [1.29, 1.82) is 0 Å². The Morgan fingerprint density at radius 3 is 2.85 bits per heavy atom. The van der Waals surface area contributed by atoms with Crippen LogP contribution in [0, 0.1) is 0 Å². The normalized spacial score (nSPS) is 16.4. The Hall–Kier alpha value is -0.700. The van der Waals surface area contributed by atoms with Crippen molar-refractivity contribution < 1.29 is 0 Å². The van der Waals surface area contributed by atoms with Gasteiger partial charge in [0.05, 0.1) is 0 Å². The molecule has 1 aliphatic carbocycles. The zero-order chi connectivity index (χ0) is 9.26. The Labute approximate surface area is 81.9 Å². The average molecular weight is 201 g/mol. The number of halogens is 1. The highest BCUT2D eigenvalue weighted by molar-refractivity contribution is 6.17. The van der Waals surface area contributed by atoms with Gasteiger partial charge in [-0.15, -0.1) is 11.6 Å². The summed E-state index contributed by atoms with van der Waals surface area (Å²) >= 11 is 5.56. The van der Waals surface area contributed by atoms with E-state index in [9.17, 15) is 4.79 Å². The van der Waals surface area contributed by atoms with E-state index in [1.54, 1.807) is 4.57 Å². The number of hydrogen-bond donors (Lipinski definition) is 0. The third-order valence-corrected chi connectivity index (χ3v) is 2.61. The molecule has 0 atom stereocenters. The van der Waals surface area contributed by atoms with Crippen molar-refractivity contribution in [2.45, 2.75) is 31.8 Å². The monoisotopic (exact) mass is 200 g/mol. The Morgan fingerprint density at radius 1 is 1.46 bits per heavy atom. The lowest BCUT2D eigenvalue weighted by Crippen LogP contribution is -2.23. The first-order chi connectivity index (χ1) is 6.33. The number of aromatic nitrogens is 2. The Bertz CT molecular complexity index is 338. The van der Waals surface area contributed by atoms with Gasteiger partial charge in [0.1, 0.15) is 0 Å². The van der Waals surface area contributed by atoms with Gasteiger partial charge >= 0.3 is 5.69 Å². The van der Waals surface area contributed by atoms with Gasteiger partial charge in [-0.05, 0) is 19.3 Å². The quantitative estimate of drug-likeness (QED) is 0.679. The minimum absolute atomic E-state index is 0.118. The van der Waals surface area contributed by atoms with Gasteiger partial charge in [-0.1, -0.05) is 0 Å². The fourth-order valence-corrected chi connectivity index (χ4v) is 1.58. The molecule has 1 aromatic heterocycles. The summed E-state index contributed by atoms with van der Waals surface area (Å²) < 4.78 is 3.56. The van der Waals surface area contributed by atoms with Crippen LogP contribution >= 0.6 is 11.6 Å². The third kappa shape index (κ3) is 1.80. The maximum absolute atomic E-state index is 11.6. The van der Waals surface area contributed by atoms with Crippen LogP contribution in [0.1, 0.15) is 25.3 Å². The lowest BCUT2D eigenvalue weighted by Gasteiger charge is -1.98. The lowest BCUT2D eigenvalue weighted by atomic mass is 10.5. The van der Waals surface area contributed by atoms with Crippen molar-refractivity contribution in [2.75, 3.05) is 5.88 Å². The van der Waals surface area contributed by atoms with Gasteiger partial charge in [0, 0.05) is 30.9 Å². The van der Waals surface area contributed by atoms with Crippen LogP contribution in [0.3, 0.4) is 0 Å². The van der Waals surface area contributed by atoms with E-state index in [0.717, 1.165) is 25.8 Å². The van der Waals surface area contributed by atoms with E-state index in [2.05, 4.69) is 0 Å². The first kappa shape index (κ1) is 8.88. The van der Waals surface area contributed by atoms with E-state index in [-0.39, 0.29) is 5.69 Å². The van der Waals surface area contributed by atoms with E-state index in [0.29, 0.717) is 11.9 Å². The van der Waals surface area contributed by atoms with Crippen LogP contribution in [0.4, 0.5) is 0 Å². The maximum atomic E-state index is 11.6. The standard InChI is InChI=1S/C9H13ClN2O/c10-4-1-5-11-6-7-12(9(11)13)8-2-3-8/h6-8H,1-5H2. The molecule has 13 heavy (non-hydrogen) atoms. The lowest BCUT2D eigenvalue weighted by molar-refractivity contribution is 0.612. The number of rotatable bonds is 4. The molecule has 1 heterocycles. The Kier molecular flexibility index (Phi) is 2.44. The molecule has 1 aliphatic rings. The Balaban J connectivity index is 2.13. The summed E-state index contributed by atoms with van der Waals surface area (Å²) in [5.41, 5.74) is 0.118. The predicted octanol–water partition coefficient (Wildman–Crippen LogP) is 1.61. The summed E-state index contributed by atoms with van der Waals surface area (Å²) in [5.74, 6) is 0.612. The smallest absolute Gasteiger partial charge is 0.299 e. The molecule has 0 bridgehead atoms. The highest BCUT2D eigenvalue weighted by atomic mass is 35.5. The molecule has 0 spiro atoms. The predicted molar refractivity (Wildman–Crippen MR) is 52.3 cm³/mol. The number of alkyl halides is 1. The van der Waals surface area contributed by atoms with E-state index < -0.39 is 0 Å². The van der Waals surface area contributed by atoms with Crippen molar-refractivity contribution in [3.63, 3.8) is 0 Å². The summed E-state index contributed by atoms with van der Waals surface area (Å²) in [4.78, 5) is 11.6. The molecule has 0 aliphatic heterocycles. The number of hydrogen-bond acceptors (Lipinski definition) is 1. The van der Waals surface area contributed by atoms with Gasteiger partial charge in [0.25, 0.3) is 0 Å². The zero-order valence-corrected chi connectivity index (χ0v) is 8.20. The van der Waals surface area contributed by atoms with E-state index in [1.165, 1.54) is 0 Å². The van der Waals surface area contributed by atoms with Crippen molar-refractivity contribution in [3.05, 3.63) is 22.9 Å². The molecule has 0 N–H and O–H groups in total. The summed E-state index contributed by atoms with van der Waals surface area (Å²) in [5, 5.41) is 0. The highest BCUT2D eigenvalue weighted by Gasteiger charge is 2.25. The van der Waals surface area contributed by atoms with Crippen LogP contribution in [-0.4, -0.2) is 15.0 Å². The zero-order valence-electron chi connectivity index (χ0n) is 7.45. The topological polar surface area (TPSA) is 26.9 Å². The number of nitrogens with zero attached hydrogens (tertiary/aromatic N) is 2. The summed E-state index contributed by atoms with van der Waals surface area (Å²) in [6.45, 7) is 0.738. The number of aryl methyl sites for hydroxylation is 1. The van der Waals surface area contributed by atoms with Crippen molar-refractivity contribution in [3.8, 4) is 0 Å². The second-order valence-electron chi connectivity index (χ2n) is 3.46. The molecule has 3 nitrogen and oxygen atoms in total.